The lowest BCUT2D eigenvalue weighted by atomic mass is 10.1. The van der Waals surface area contributed by atoms with E-state index < -0.39 is 0 Å². The number of hydrogen-bond acceptors (Lipinski definition) is 3. The van der Waals surface area contributed by atoms with Crippen molar-refractivity contribution in [3.63, 3.8) is 0 Å². The standard InChI is InChI=1S/C9H17N2O2/c1-2-13-9(12)7-11-8-3-5-10-6-4-8/h8,11H,2-7H2,1H3. The van der Waals surface area contributed by atoms with Gasteiger partial charge in [-0.05, 0) is 19.8 Å². The van der Waals surface area contributed by atoms with Crippen LogP contribution in [-0.2, 0) is 9.53 Å². The van der Waals surface area contributed by atoms with E-state index >= 15 is 0 Å². The fourth-order valence-corrected chi connectivity index (χ4v) is 1.39. The SMILES string of the molecule is CCOC(=O)CNC1CC[N]CC1. The molecule has 1 saturated heterocycles. The molecule has 4 nitrogen and oxygen atoms in total. The first kappa shape index (κ1) is 10.5. The van der Waals surface area contributed by atoms with Crippen molar-refractivity contribution in [3.05, 3.63) is 0 Å². The predicted molar refractivity (Wildman–Crippen MR) is 49.5 cm³/mol. The maximum Gasteiger partial charge on any atom is 0.319 e. The average Bonchev–Trinajstić information content (AvgIpc) is 2.17. The minimum Gasteiger partial charge on any atom is -0.465 e. The molecule has 1 aliphatic rings. The molecule has 4 heteroatoms. The molecule has 1 N–H and O–H groups in total. The van der Waals surface area contributed by atoms with Crippen molar-refractivity contribution in [2.45, 2.75) is 25.8 Å². The Hall–Kier alpha value is -0.610. The van der Waals surface area contributed by atoms with Gasteiger partial charge in [0.2, 0.25) is 0 Å². The summed E-state index contributed by atoms with van der Waals surface area (Å²) in [5.74, 6) is -0.162. The van der Waals surface area contributed by atoms with E-state index in [4.69, 9.17) is 4.74 Å². The summed E-state index contributed by atoms with van der Waals surface area (Å²) in [7, 11) is 0. The van der Waals surface area contributed by atoms with Crippen molar-refractivity contribution in [2.24, 2.45) is 0 Å². The first-order valence-corrected chi connectivity index (χ1v) is 4.85. The molecular weight excluding hydrogens is 168 g/mol. The minimum absolute atomic E-state index is 0.162. The number of hydrogen-bond donors (Lipinski definition) is 1. The maximum absolute atomic E-state index is 11.0. The lowest BCUT2D eigenvalue weighted by Gasteiger charge is -2.22. The van der Waals surface area contributed by atoms with Crippen LogP contribution in [0.2, 0.25) is 0 Å². The molecule has 0 bridgehead atoms. The van der Waals surface area contributed by atoms with Crippen molar-refractivity contribution in [2.75, 3.05) is 26.2 Å². The third-order valence-electron chi connectivity index (χ3n) is 2.11. The Kier molecular flexibility index (Phi) is 4.78. The Balaban J connectivity index is 2.06. The summed E-state index contributed by atoms with van der Waals surface area (Å²) in [4.78, 5) is 11.0. The Morgan fingerprint density at radius 2 is 2.23 bits per heavy atom. The van der Waals surface area contributed by atoms with E-state index in [2.05, 4.69) is 10.6 Å². The smallest absolute Gasteiger partial charge is 0.319 e. The monoisotopic (exact) mass is 185 g/mol. The molecule has 1 aliphatic heterocycles. The van der Waals surface area contributed by atoms with Crippen LogP contribution in [-0.4, -0.2) is 38.3 Å². The van der Waals surface area contributed by atoms with E-state index in [1.54, 1.807) is 0 Å². The summed E-state index contributed by atoms with van der Waals surface area (Å²) < 4.78 is 4.81. The molecule has 75 valence electrons. The van der Waals surface area contributed by atoms with Crippen molar-refractivity contribution in [1.82, 2.24) is 10.6 Å². The first-order valence-electron chi connectivity index (χ1n) is 4.85. The second kappa shape index (κ2) is 5.94. The number of carbonyl (C=O) groups excluding carboxylic acids is 1. The molecule has 1 fully saturated rings. The van der Waals surface area contributed by atoms with E-state index in [0.717, 1.165) is 25.9 Å². The number of carbonyl (C=O) groups is 1. The van der Waals surface area contributed by atoms with Gasteiger partial charge in [-0.15, -0.1) is 0 Å². The van der Waals surface area contributed by atoms with Crippen LogP contribution in [0.15, 0.2) is 0 Å². The molecule has 0 spiro atoms. The first-order chi connectivity index (χ1) is 6.33. The number of nitrogens with zero attached hydrogens (tertiary/aromatic N) is 1. The highest BCUT2D eigenvalue weighted by Gasteiger charge is 2.14. The van der Waals surface area contributed by atoms with E-state index in [-0.39, 0.29) is 5.97 Å². The van der Waals surface area contributed by atoms with E-state index in [1.165, 1.54) is 0 Å². The zero-order valence-electron chi connectivity index (χ0n) is 8.08. The highest BCUT2D eigenvalue weighted by Crippen LogP contribution is 2.02. The molecule has 0 unspecified atom stereocenters. The van der Waals surface area contributed by atoms with Crippen molar-refractivity contribution in [1.29, 1.82) is 0 Å². The summed E-state index contributed by atoms with van der Waals surface area (Å²) >= 11 is 0. The Morgan fingerprint density at radius 3 is 2.85 bits per heavy atom. The van der Waals surface area contributed by atoms with Crippen LogP contribution in [0, 0.1) is 0 Å². The molecule has 0 amide bonds. The van der Waals surface area contributed by atoms with Crippen molar-refractivity contribution < 1.29 is 9.53 Å². The molecular formula is C9H17N2O2. The van der Waals surface area contributed by atoms with Crippen LogP contribution in [0.25, 0.3) is 0 Å². The number of rotatable bonds is 4. The molecule has 0 saturated carbocycles. The summed E-state index contributed by atoms with van der Waals surface area (Å²) in [6.07, 6.45) is 2.08. The van der Waals surface area contributed by atoms with E-state index in [0.29, 0.717) is 19.2 Å². The van der Waals surface area contributed by atoms with Gasteiger partial charge in [0.15, 0.2) is 0 Å². The predicted octanol–water partition coefficient (Wildman–Crippen LogP) is -0.0941. The lowest BCUT2D eigenvalue weighted by molar-refractivity contribution is -0.142. The van der Waals surface area contributed by atoms with Crippen molar-refractivity contribution in [3.8, 4) is 0 Å². The zero-order chi connectivity index (χ0) is 9.52. The molecule has 1 heterocycles. The highest BCUT2D eigenvalue weighted by atomic mass is 16.5. The van der Waals surface area contributed by atoms with Gasteiger partial charge in [0.1, 0.15) is 0 Å². The van der Waals surface area contributed by atoms with Crippen LogP contribution >= 0.6 is 0 Å². The summed E-state index contributed by atoms with van der Waals surface area (Å²) in [5.41, 5.74) is 0. The highest BCUT2D eigenvalue weighted by molar-refractivity contribution is 5.71. The molecule has 1 rings (SSSR count). The van der Waals surface area contributed by atoms with Crippen molar-refractivity contribution >= 4 is 5.97 Å². The van der Waals surface area contributed by atoms with Crippen LogP contribution in [0.5, 0.6) is 0 Å². The number of nitrogens with one attached hydrogen (secondary N) is 1. The zero-order valence-corrected chi connectivity index (χ0v) is 8.08. The molecule has 0 aromatic heterocycles. The molecule has 13 heavy (non-hydrogen) atoms. The number of esters is 1. The van der Waals surface area contributed by atoms with Gasteiger partial charge in [0, 0.05) is 19.1 Å². The average molecular weight is 185 g/mol. The van der Waals surface area contributed by atoms with Gasteiger partial charge < -0.3 is 10.1 Å². The maximum atomic E-state index is 11.0. The molecule has 0 atom stereocenters. The van der Waals surface area contributed by atoms with E-state index in [9.17, 15) is 4.79 Å². The van der Waals surface area contributed by atoms with Crippen LogP contribution in [0.1, 0.15) is 19.8 Å². The topological polar surface area (TPSA) is 52.4 Å². The van der Waals surface area contributed by atoms with Crippen LogP contribution in [0.3, 0.4) is 0 Å². The summed E-state index contributed by atoms with van der Waals surface area (Å²) in [6.45, 7) is 4.44. The number of ether oxygens (including phenoxy) is 1. The minimum atomic E-state index is -0.162. The molecule has 0 aromatic carbocycles. The van der Waals surface area contributed by atoms with Crippen LogP contribution < -0.4 is 10.6 Å². The van der Waals surface area contributed by atoms with Gasteiger partial charge in [0.25, 0.3) is 0 Å². The molecule has 0 aliphatic carbocycles. The fourth-order valence-electron chi connectivity index (χ4n) is 1.39. The van der Waals surface area contributed by atoms with Gasteiger partial charge in [0.05, 0.1) is 13.2 Å². The Labute approximate surface area is 79.0 Å². The normalized spacial score (nSPS) is 18.5. The quantitative estimate of drug-likeness (QED) is 0.623. The van der Waals surface area contributed by atoms with E-state index in [1.807, 2.05) is 6.92 Å². The largest absolute Gasteiger partial charge is 0.465 e. The summed E-state index contributed by atoms with van der Waals surface area (Å²) in [5, 5.41) is 7.41. The fraction of sp³-hybridized carbons (Fsp3) is 0.889. The second-order valence-electron chi connectivity index (χ2n) is 3.13. The molecule has 1 radical (unpaired) electrons. The van der Waals surface area contributed by atoms with Crippen LogP contribution in [0.4, 0.5) is 0 Å². The van der Waals surface area contributed by atoms with Gasteiger partial charge in [-0.3, -0.25) is 4.79 Å². The Bertz CT molecular complexity index is 156. The summed E-state index contributed by atoms with van der Waals surface area (Å²) in [6, 6.07) is 0.446. The third kappa shape index (κ3) is 4.24. The second-order valence-corrected chi connectivity index (χ2v) is 3.13. The molecule has 0 aromatic rings. The number of piperidine rings is 1. The van der Waals surface area contributed by atoms with Gasteiger partial charge in [-0.2, -0.15) is 0 Å². The van der Waals surface area contributed by atoms with Gasteiger partial charge in [-0.25, -0.2) is 5.32 Å². The van der Waals surface area contributed by atoms with Gasteiger partial charge in [-0.1, -0.05) is 0 Å². The van der Waals surface area contributed by atoms with Gasteiger partial charge >= 0.3 is 5.97 Å². The Morgan fingerprint density at radius 1 is 1.54 bits per heavy atom. The lowest BCUT2D eigenvalue weighted by Crippen LogP contribution is -2.40. The third-order valence-corrected chi connectivity index (χ3v) is 2.11.